The third-order valence-corrected chi connectivity index (χ3v) is 3.82. The molecule has 18 heavy (non-hydrogen) atoms. The molecule has 1 aromatic carbocycles. The number of hydrogen-bond donors (Lipinski definition) is 2. The number of carbonyl (C=O) groups excluding carboxylic acids is 1. The van der Waals surface area contributed by atoms with Crippen molar-refractivity contribution in [2.75, 3.05) is 11.9 Å². The predicted octanol–water partition coefficient (Wildman–Crippen LogP) is 2.83. The first kappa shape index (κ1) is 13.3. The molecule has 5 heteroatoms. The number of alkyl halides is 1. The molecule has 2 N–H and O–H groups in total. The summed E-state index contributed by atoms with van der Waals surface area (Å²) in [7, 11) is 0. The van der Waals surface area contributed by atoms with Crippen LogP contribution in [0.25, 0.3) is 0 Å². The van der Waals surface area contributed by atoms with Gasteiger partial charge in [-0.25, -0.2) is 4.39 Å². The van der Waals surface area contributed by atoms with E-state index in [-0.39, 0.29) is 16.7 Å². The number of halogens is 2. The van der Waals surface area contributed by atoms with Gasteiger partial charge in [-0.1, -0.05) is 22.0 Å². The fourth-order valence-corrected chi connectivity index (χ4v) is 2.83. The van der Waals surface area contributed by atoms with Gasteiger partial charge in [0.1, 0.15) is 17.1 Å². The summed E-state index contributed by atoms with van der Waals surface area (Å²) < 4.78 is 13.5. The van der Waals surface area contributed by atoms with Crippen LogP contribution in [0.1, 0.15) is 29.6 Å². The van der Waals surface area contributed by atoms with Gasteiger partial charge in [-0.2, -0.15) is 0 Å². The van der Waals surface area contributed by atoms with E-state index in [1.807, 2.05) is 0 Å². The lowest BCUT2D eigenvalue weighted by atomic mass is 10.0. The topological polar surface area (TPSA) is 49.3 Å². The summed E-state index contributed by atoms with van der Waals surface area (Å²) in [4.78, 5) is 11.8. The van der Waals surface area contributed by atoms with E-state index in [1.54, 1.807) is 0 Å². The summed E-state index contributed by atoms with van der Waals surface area (Å²) >= 11 is 3.39. The molecule has 1 aromatic rings. The minimum absolute atomic E-state index is 0.167. The van der Waals surface area contributed by atoms with Gasteiger partial charge >= 0.3 is 0 Å². The Hall–Kier alpha value is -1.10. The van der Waals surface area contributed by atoms with E-state index in [1.165, 1.54) is 18.2 Å². The zero-order chi connectivity index (χ0) is 13.2. The van der Waals surface area contributed by atoms with Gasteiger partial charge in [-0.15, -0.1) is 0 Å². The Balaban J connectivity index is 2.00. The third-order valence-electron chi connectivity index (χ3n) is 3.42. The predicted molar refractivity (Wildman–Crippen MR) is 70.5 cm³/mol. The van der Waals surface area contributed by atoms with Crippen LogP contribution < -0.4 is 5.32 Å². The summed E-state index contributed by atoms with van der Waals surface area (Å²) in [6.45, 7) is 0.533. The Kier molecular flexibility index (Phi) is 3.90. The monoisotopic (exact) mass is 315 g/mol. The zero-order valence-corrected chi connectivity index (χ0v) is 11.5. The van der Waals surface area contributed by atoms with E-state index in [0.29, 0.717) is 6.54 Å². The Bertz CT molecular complexity index is 440. The van der Waals surface area contributed by atoms with Crippen molar-refractivity contribution in [3.8, 4) is 5.75 Å². The van der Waals surface area contributed by atoms with Crippen molar-refractivity contribution in [3.05, 3.63) is 29.6 Å². The molecule has 1 amide bonds. The number of carbonyl (C=O) groups is 1. The van der Waals surface area contributed by atoms with Crippen molar-refractivity contribution in [3.63, 3.8) is 0 Å². The van der Waals surface area contributed by atoms with Crippen LogP contribution in [0.3, 0.4) is 0 Å². The smallest absolute Gasteiger partial charge is 0.258 e. The maximum Gasteiger partial charge on any atom is 0.258 e. The normalized spacial score (nSPS) is 16.3. The van der Waals surface area contributed by atoms with Crippen LogP contribution in [0.5, 0.6) is 5.75 Å². The van der Waals surface area contributed by atoms with Gasteiger partial charge in [0.25, 0.3) is 5.91 Å². The molecule has 3 nitrogen and oxygen atoms in total. The Morgan fingerprint density at radius 1 is 1.50 bits per heavy atom. The Morgan fingerprint density at radius 2 is 2.22 bits per heavy atom. The van der Waals surface area contributed by atoms with Crippen molar-refractivity contribution in [2.24, 2.45) is 5.41 Å². The molecule has 1 saturated carbocycles. The van der Waals surface area contributed by atoms with Gasteiger partial charge in [-0.3, -0.25) is 4.79 Å². The highest BCUT2D eigenvalue weighted by atomic mass is 79.9. The average Bonchev–Trinajstić information content (AvgIpc) is 3.07. The third kappa shape index (κ3) is 2.83. The molecule has 0 heterocycles. The SMILES string of the molecule is O=C(NCC1(CCBr)CC1)c1c(O)cccc1F. The first-order chi connectivity index (χ1) is 8.58. The molecule has 0 unspecified atom stereocenters. The van der Waals surface area contributed by atoms with Gasteiger partial charge in [-0.05, 0) is 36.8 Å². The lowest BCUT2D eigenvalue weighted by Crippen LogP contribution is -2.31. The zero-order valence-electron chi connectivity index (χ0n) is 9.88. The van der Waals surface area contributed by atoms with Crippen LogP contribution in [0, 0.1) is 11.2 Å². The van der Waals surface area contributed by atoms with Gasteiger partial charge in [0.2, 0.25) is 0 Å². The van der Waals surface area contributed by atoms with E-state index in [2.05, 4.69) is 21.2 Å². The minimum atomic E-state index is -0.696. The molecular formula is C13H15BrFNO2. The lowest BCUT2D eigenvalue weighted by Gasteiger charge is -2.15. The average molecular weight is 316 g/mol. The lowest BCUT2D eigenvalue weighted by molar-refractivity contribution is 0.0937. The molecule has 0 saturated heterocycles. The molecule has 0 spiro atoms. The molecule has 1 fully saturated rings. The van der Waals surface area contributed by atoms with Crippen molar-refractivity contribution in [2.45, 2.75) is 19.3 Å². The second kappa shape index (κ2) is 5.26. The van der Waals surface area contributed by atoms with Gasteiger partial charge < -0.3 is 10.4 Å². The van der Waals surface area contributed by atoms with Gasteiger partial charge in [0.05, 0.1) is 0 Å². The van der Waals surface area contributed by atoms with E-state index in [0.717, 1.165) is 24.6 Å². The minimum Gasteiger partial charge on any atom is -0.507 e. The van der Waals surface area contributed by atoms with Crippen LogP contribution in [0.15, 0.2) is 18.2 Å². The number of phenolic OH excluding ortho intramolecular Hbond substituents is 1. The molecule has 0 radical (unpaired) electrons. The van der Waals surface area contributed by atoms with E-state index in [9.17, 15) is 14.3 Å². The molecule has 0 bridgehead atoms. The highest BCUT2D eigenvalue weighted by molar-refractivity contribution is 9.09. The second-order valence-corrected chi connectivity index (χ2v) is 5.55. The largest absolute Gasteiger partial charge is 0.507 e. The fourth-order valence-electron chi connectivity index (χ4n) is 1.99. The van der Waals surface area contributed by atoms with Gasteiger partial charge in [0, 0.05) is 11.9 Å². The molecule has 0 atom stereocenters. The van der Waals surface area contributed by atoms with E-state index in [4.69, 9.17) is 0 Å². The second-order valence-electron chi connectivity index (χ2n) is 4.76. The number of aromatic hydroxyl groups is 1. The number of nitrogens with one attached hydrogen (secondary N) is 1. The van der Waals surface area contributed by atoms with Crippen molar-refractivity contribution < 1.29 is 14.3 Å². The quantitative estimate of drug-likeness (QED) is 0.821. The van der Waals surface area contributed by atoms with E-state index >= 15 is 0 Å². The number of hydrogen-bond acceptors (Lipinski definition) is 2. The van der Waals surface area contributed by atoms with Crippen molar-refractivity contribution in [1.82, 2.24) is 5.32 Å². The van der Waals surface area contributed by atoms with Crippen LogP contribution >= 0.6 is 15.9 Å². The number of amides is 1. The maximum absolute atomic E-state index is 13.5. The number of rotatable bonds is 5. The first-order valence-corrected chi connectivity index (χ1v) is 7.02. The molecule has 2 rings (SSSR count). The summed E-state index contributed by atoms with van der Waals surface area (Å²) in [5, 5.41) is 13.1. The Labute approximate surface area is 114 Å². The Morgan fingerprint density at radius 3 is 2.78 bits per heavy atom. The molecule has 1 aliphatic rings. The highest BCUT2D eigenvalue weighted by Crippen LogP contribution is 2.48. The van der Waals surface area contributed by atoms with E-state index < -0.39 is 11.7 Å². The summed E-state index contributed by atoms with van der Waals surface area (Å²) in [5.74, 6) is -1.57. The fraction of sp³-hybridized carbons (Fsp3) is 0.462. The highest BCUT2D eigenvalue weighted by Gasteiger charge is 2.41. The number of benzene rings is 1. The standard InChI is InChI=1S/C13H15BrFNO2/c14-7-6-13(4-5-13)8-16-12(18)11-9(15)2-1-3-10(11)17/h1-3,17H,4-8H2,(H,16,18). The molecular weight excluding hydrogens is 301 g/mol. The first-order valence-electron chi connectivity index (χ1n) is 5.90. The molecule has 98 valence electrons. The summed E-state index contributed by atoms with van der Waals surface area (Å²) in [6.07, 6.45) is 3.17. The van der Waals surface area contributed by atoms with Crippen LogP contribution in [0.2, 0.25) is 0 Å². The maximum atomic E-state index is 13.5. The van der Waals surface area contributed by atoms with Crippen molar-refractivity contribution >= 4 is 21.8 Å². The van der Waals surface area contributed by atoms with Crippen molar-refractivity contribution in [1.29, 1.82) is 0 Å². The molecule has 0 aliphatic heterocycles. The van der Waals surface area contributed by atoms with Crippen LogP contribution in [0.4, 0.5) is 4.39 Å². The number of phenols is 1. The molecule has 1 aliphatic carbocycles. The summed E-state index contributed by atoms with van der Waals surface area (Å²) in [6, 6.07) is 3.85. The van der Waals surface area contributed by atoms with Crippen LogP contribution in [-0.2, 0) is 0 Å². The molecule has 0 aromatic heterocycles. The summed E-state index contributed by atoms with van der Waals surface area (Å²) in [5.41, 5.74) is -0.104. The van der Waals surface area contributed by atoms with Gasteiger partial charge in [0.15, 0.2) is 0 Å². The van der Waals surface area contributed by atoms with Crippen LogP contribution in [-0.4, -0.2) is 22.9 Å².